The second kappa shape index (κ2) is 8.12. The molecule has 0 saturated heterocycles. The van der Waals surface area contributed by atoms with Crippen LogP contribution in [0, 0.1) is 17.0 Å². The zero-order valence-electron chi connectivity index (χ0n) is 16.0. The summed E-state index contributed by atoms with van der Waals surface area (Å²) in [6.07, 6.45) is 1.58. The molecule has 0 spiro atoms. The van der Waals surface area contributed by atoms with E-state index in [2.05, 4.69) is 0 Å². The molecule has 7 nitrogen and oxygen atoms in total. The number of rotatable bonds is 7. The molecule has 0 radical (unpaired) electrons. The summed E-state index contributed by atoms with van der Waals surface area (Å²) in [5, 5.41) is 11.8. The molecule has 3 rings (SSSR count). The van der Waals surface area contributed by atoms with Crippen LogP contribution in [0.15, 0.2) is 45.6 Å². The number of nitro benzene ring substituents is 1. The normalized spacial score (nSPS) is 10.8. The summed E-state index contributed by atoms with van der Waals surface area (Å²) in [4.78, 5) is 22.5. The predicted molar refractivity (Wildman–Crippen MR) is 105 cm³/mol. The number of nitrogens with zero attached hydrogens (tertiary/aromatic N) is 1. The van der Waals surface area contributed by atoms with Crippen LogP contribution in [-0.2, 0) is 13.0 Å². The number of ether oxygens (including phenoxy) is 2. The van der Waals surface area contributed by atoms with E-state index < -0.39 is 10.5 Å². The first kappa shape index (κ1) is 19.4. The highest BCUT2D eigenvalue weighted by atomic mass is 16.6. The van der Waals surface area contributed by atoms with Gasteiger partial charge < -0.3 is 13.9 Å². The van der Waals surface area contributed by atoms with Gasteiger partial charge in [-0.3, -0.25) is 10.1 Å². The van der Waals surface area contributed by atoms with Crippen molar-refractivity contribution in [1.29, 1.82) is 0 Å². The first-order valence-corrected chi connectivity index (χ1v) is 8.94. The van der Waals surface area contributed by atoms with Gasteiger partial charge in [0.1, 0.15) is 23.7 Å². The van der Waals surface area contributed by atoms with Crippen molar-refractivity contribution in [2.45, 2.75) is 33.3 Å². The lowest BCUT2D eigenvalue weighted by Crippen LogP contribution is -2.04. The molecule has 1 aromatic heterocycles. The van der Waals surface area contributed by atoms with E-state index in [1.165, 1.54) is 25.3 Å². The van der Waals surface area contributed by atoms with Crippen molar-refractivity contribution in [1.82, 2.24) is 0 Å². The van der Waals surface area contributed by atoms with Crippen molar-refractivity contribution in [3.8, 4) is 11.5 Å². The Bertz CT molecular complexity index is 1090. The lowest BCUT2D eigenvalue weighted by atomic mass is 10.0. The van der Waals surface area contributed by atoms with Crippen molar-refractivity contribution in [2.24, 2.45) is 0 Å². The third kappa shape index (κ3) is 3.98. The van der Waals surface area contributed by atoms with Crippen LogP contribution in [-0.4, -0.2) is 12.0 Å². The molecule has 0 bridgehead atoms. The third-order valence-electron chi connectivity index (χ3n) is 4.41. The van der Waals surface area contributed by atoms with Crippen molar-refractivity contribution in [2.75, 3.05) is 7.11 Å². The molecule has 3 aromatic rings. The molecule has 0 fully saturated rings. The van der Waals surface area contributed by atoms with Crippen molar-refractivity contribution < 1.29 is 18.8 Å². The van der Waals surface area contributed by atoms with Crippen LogP contribution in [0.4, 0.5) is 5.69 Å². The molecule has 0 unspecified atom stereocenters. The molecule has 2 aromatic carbocycles. The predicted octanol–water partition coefficient (Wildman–Crippen LogP) is 4.55. The van der Waals surface area contributed by atoms with Gasteiger partial charge in [-0.2, -0.15) is 0 Å². The molecular weight excluding hydrogens is 362 g/mol. The molecule has 0 amide bonds. The van der Waals surface area contributed by atoms with E-state index in [-0.39, 0.29) is 12.3 Å². The summed E-state index contributed by atoms with van der Waals surface area (Å²) in [6.45, 7) is 3.99. The Morgan fingerprint density at radius 1 is 1.11 bits per heavy atom. The van der Waals surface area contributed by atoms with E-state index in [4.69, 9.17) is 13.9 Å². The fourth-order valence-corrected chi connectivity index (χ4v) is 3.20. The molecular formula is C21H21NO6. The molecule has 1 heterocycles. The number of benzene rings is 2. The lowest BCUT2D eigenvalue weighted by Gasteiger charge is -2.14. The van der Waals surface area contributed by atoms with E-state index in [0.717, 1.165) is 22.9 Å². The molecule has 7 heteroatoms. The minimum Gasteiger partial charge on any atom is -0.496 e. The Hall–Kier alpha value is -3.35. The summed E-state index contributed by atoms with van der Waals surface area (Å²) < 4.78 is 16.7. The Kier molecular flexibility index (Phi) is 5.63. The molecule has 146 valence electrons. The first-order chi connectivity index (χ1) is 13.4. The van der Waals surface area contributed by atoms with Gasteiger partial charge in [-0.1, -0.05) is 13.3 Å². The number of fused-ring (bicyclic) bond motifs is 1. The minimum absolute atomic E-state index is 0.0360. The molecule has 0 aliphatic carbocycles. The molecule has 0 atom stereocenters. The van der Waals surface area contributed by atoms with Gasteiger partial charge in [0, 0.05) is 23.8 Å². The van der Waals surface area contributed by atoms with Gasteiger partial charge in [0.05, 0.1) is 17.4 Å². The number of non-ortho nitro benzene ring substituents is 1. The fourth-order valence-electron chi connectivity index (χ4n) is 3.20. The Labute approximate surface area is 161 Å². The Morgan fingerprint density at radius 3 is 2.57 bits per heavy atom. The highest BCUT2D eigenvalue weighted by molar-refractivity contribution is 5.87. The van der Waals surface area contributed by atoms with Gasteiger partial charge in [-0.05, 0) is 42.7 Å². The number of nitro groups is 1. The van der Waals surface area contributed by atoms with Gasteiger partial charge in [0.25, 0.3) is 5.69 Å². The zero-order chi connectivity index (χ0) is 20.3. The quantitative estimate of drug-likeness (QED) is 0.338. The number of hydrogen-bond acceptors (Lipinski definition) is 6. The zero-order valence-corrected chi connectivity index (χ0v) is 16.0. The molecule has 28 heavy (non-hydrogen) atoms. The Morgan fingerprint density at radius 2 is 1.89 bits per heavy atom. The maximum absolute atomic E-state index is 11.9. The maximum Gasteiger partial charge on any atom is 0.336 e. The van der Waals surface area contributed by atoms with Crippen LogP contribution in [0.3, 0.4) is 0 Å². The molecule has 0 aliphatic rings. The SMILES string of the molecule is CCCc1cc(=O)oc2cc(C)cc(OCc3cc([N+](=O)[O-])ccc3OC)c12. The number of methoxy groups -OCH3 is 1. The molecule has 0 N–H and O–H groups in total. The second-order valence-electron chi connectivity index (χ2n) is 6.52. The smallest absolute Gasteiger partial charge is 0.336 e. The lowest BCUT2D eigenvalue weighted by molar-refractivity contribution is -0.385. The van der Waals surface area contributed by atoms with E-state index in [9.17, 15) is 14.9 Å². The summed E-state index contributed by atoms with van der Waals surface area (Å²) in [6, 6.07) is 9.53. The topological polar surface area (TPSA) is 91.8 Å². The van der Waals surface area contributed by atoms with Gasteiger partial charge in [-0.15, -0.1) is 0 Å². The number of aryl methyl sites for hydroxylation is 2. The standard InChI is InChI=1S/C21H21NO6/c1-4-5-14-11-20(23)28-19-9-13(2)8-18(21(14)19)27-12-15-10-16(22(24)25)6-7-17(15)26-3/h6-11H,4-5,12H2,1-3H3. The molecule has 0 saturated carbocycles. The minimum atomic E-state index is -0.459. The van der Waals surface area contributed by atoms with Crippen LogP contribution in [0.5, 0.6) is 11.5 Å². The summed E-state index contributed by atoms with van der Waals surface area (Å²) in [5.41, 5.74) is 2.33. The third-order valence-corrected chi connectivity index (χ3v) is 4.41. The van der Waals surface area contributed by atoms with E-state index in [1.807, 2.05) is 19.9 Å². The van der Waals surface area contributed by atoms with Crippen LogP contribution < -0.4 is 15.1 Å². The summed E-state index contributed by atoms with van der Waals surface area (Å²) in [5.74, 6) is 1.07. The van der Waals surface area contributed by atoms with Gasteiger partial charge in [-0.25, -0.2) is 4.79 Å². The van der Waals surface area contributed by atoms with E-state index in [1.54, 1.807) is 12.1 Å². The van der Waals surface area contributed by atoms with Crippen LogP contribution in [0.1, 0.15) is 30.0 Å². The average molecular weight is 383 g/mol. The highest BCUT2D eigenvalue weighted by Crippen LogP contribution is 2.32. The largest absolute Gasteiger partial charge is 0.496 e. The van der Waals surface area contributed by atoms with E-state index in [0.29, 0.717) is 29.1 Å². The van der Waals surface area contributed by atoms with Gasteiger partial charge in [0.15, 0.2) is 0 Å². The average Bonchev–Trinajstić information content (AvgIpc) is 2.65. The number of hydrogen-bond donors (Lipinski definition) is 0. The first-order valence-electron chi connectivity index (χ1n) is 8.94. The van der Waals surface area contributed by atoms with Gasteiger partial charge >= 0.3 is 5.63 Å². The van der Waals surface area contributed by atoms with Crippen molar-refractivity contribution in [3.63, 3.8) is 0 Å². The summed E-state index contributed by atoms with van der Waals surface area (Å²) >= 11 is 0. The van der Waals surface area contributed by atoms with E-state index >= 15 is 0 Å². The second-order valence-corrected chi connectivity index (χ2v) is 6.52. The van der Waals surface area contributed by atoms with Crippen LogP contribution in [0.25, 0.3) is 11.0 Å². The van der Waals surface area contributed by atoms with Crippen molar-refractivity contribution >= 4 is 16.7 Å². The fraction of sp³-hybridized carbons (Fsp3) is 0.286. The van der Waals surface area contributed by atoms with Crippen LogP contribution in [0.2, 0.25) is 0 Å². The highest BCUT2D eigenvalue weighted by Gasteiger charge is 2.15. The monoisotopic (exact) mass is 383 g/mol. The molecule has 0 aliphatic heterocycles. The van der Waals surface area contributed by atoms with Crippen LogP contribution >= 0.6 is 0 Å². The van der Waals surface area contributed by atoms with Crippen molar-refractivity contribution in [3.05, 3.63) is 73.6 Å². The summed E-state index contributed by atoms with van der Waals surface area (Å²) in [7, 11) is 1.50. The van der Waals surface area contributed by atoms with Gasteiger partial charge in [0.2, 0.25) is 0 Å². The Balaban J connectivity index is 2.04. The maximum atomic E-state index is 11.9.